The number of benzene rings is 2. The molecule has 5 rings (SSSR count). The Balaban J connectivity index is 1.41. The predicted molar refractivity (Wildman–Crippen MR) is 156 cm³/mol. The predicted octanol–water partition coefficient (Wildman–Crippen LogP) is 4.65. The number of hydroxylamine groups is 1. The fraction of sp³-hybridized carbons (Fsp3) is 0.367. The molecule has 2 fully saturated rings. The number of hydrogen-bond acceptors (Lipinski definition) is 8. The van der Waals surface area contributed by atoms with Gasteiger partial charge in [0.05, 0.1) is 12.2 Å². The van der Waals surface area contributed by atoms with E-state index in [2.05, 4.69) is 10.5 Å². The van der Waals surface area contributed by atoms with E-state index in [9.17, 15) is 18.0 Å². The molecule has 12 heteroatoms. The van der Waals surface area contributed by atoms with E-state index in [0.29, 0.717) is 35.1 Å². The van der Waals surface area contributed by atoms with Crippen LogP contribution in [0.1, 0.15) is 48.2 Å². The minimum absolute atomic E-state index is 0.00135. The molecule has 2 aromatic carbocycles. The van der Waals surface area contributed by atoms with Crippen molar-refractivity contribution in [1.29, 1.82) is 0 Å². The van der Waals surface area contributed by atoms with Crippen LogP contribution < -0.4 is 10.2 Å². The maximum Gasteiger partial charge on any atom is 0.272 e. The highest BCUT2D eigenvalue weighted by Crippen LogP contribution is 2.41. The summed E-state index contributed by atoms with van der Waals surface area (Å²) in [5.41, 5.74) is 3.05. The van der Waals surface area contributed by atoms with Gasteiger partial charge in [0.25, 0.3) is 5.91 Å². The van der Waals surface area contributed by atoms with Gasteiger partial charge >= 0.3 is 0 Å². The summed E-state index contributed by atoms with van der Waals surface area (Å²) >= 11 is 5.96. The first kappa shape index (κ1) is 30.0. The molecule has 222 valence electrons. The average molecular weight is 614 g/mol. The Morgan fingerprint density at radius 1 is 1.02 bits per heavy atom. The Labute approximate surface area is 249 Å². The number of pyridine rings is 1. The van der Waals surface area contributed by atoms with E-state index < -0.39 is 33.2 Å². The number of ether oxygens (including phenoxy) is 2. The van der Waals surface area contributed by atoms with Crippen molar-refractivity contribution in [3.05, 3.63) is 89.2 Å². The van der Waals surface area contributed by atoms with Crippen LogP contribution in [0.15, 0.2) is 72.9 Å². The smallest absolute Gasteiger partial charge is 0.272 e. The van der Waals surface area contributed by atoms with Gasteiger partial charge < -0.3 is 14.4 Å². The van der Waals surface area contributed by atoms with E-state index >= 15 is 0 Å². The third-order valence-electron chi connectivity index (χ3n) is 7.50. The maximum absolute atomic E-state index is 14.0. The lowest BCUT2D eigenvalue weighted by Gasteiger charge is -2.32. The molecule has 2 amide bonds. The van der Waals surface area contributed by atoms with Gasteiger partial charge in [-0.3, -0.25) is 14.6 Å². The van der Waals surface area contributed by atoms with E-state index in [-0.39, 0.29) is 36.9 Å². The van der Waals surface area contributed by atoms with Crippen molar-refractivity contribution in [2.45, 2.75) is 43.1 Å². The van der Waals surface area contributed by atoms with Crippen LogP contribution >= 0.6 is 11.6 Å². The highest BCUT2D eigenvalue weighted by atomic mass is 35.5. The van der Waals surface area contributed by atoms with Crippen molar-refractivity contribution in [3.63, 3.8) is 0 Å². The van der Waals surface area contributed by atoms with Crippen molar-refractivity contribution >= 4 is 33.3 Å². The highest BCUT2D eigenvalue weighted by Gasteiger charge is 2.49. The van der Waals surface area contributed by atoms with Crippen molar-refractivity contribution in [3.8, 4) is 11.5 Å². The standard InChI is InChI=1S/C30H32ClN3O7S/c31-23-9-13-25(14-10-23)40-24-11-7-22(8-12-24)30(21-27(35)33-41-28-6-2-4-19-39-28)15-17-34(18-20-42(30,37)38)29(36)26-5-1-3-16-32-26/h1,3,5,7-14,16,28H,2,4,6,15,17-21H2,(H,33,35). The van der Waals surface area contributed by atoms with Gasteiger partial charge in [0.2, 0.25) is 5.91 Å². The quantitative estimate of drug-likeness (QED) is 0.364. The van der Waals surface area contributed by atoms with Crippen molar-refractivity contribution in [2.75, 3.05) is 25.4 Å². The van der Waals surface area contributed by atoms with Crippen LogP contribution in [0.25, 0.3) is 0 Å². The van der Waals surface area contributed by atoms with E-state index in [0.717, 1.165) is 12.8 Å². The molecule has 2 saturated heterocycles. The number of hydrogen-bond donors (Lipinski definition) is 1. The van der Waals surface area contributed by atoms with Crippen molar-refractivity contribution in [2.24, 2.45) is 0 Å². The topological polar surface area (TPSA) is 124 Å². The van der Waals surface area contributed by atoms with Gasteiger partial charge in [-0.15, -0.1) is 0 Å². The van der Waals surface area contributed by atoms with Crippen LogP contribution in [-0.4, -0.2) is 61.9 Å². The summed E-state index contributed by atoms with van der Waals surface area (Å²) in [5, 5.41) is 0.575. The zero-order valence-corrected chi connectivity index (χ0v) is 24.5. The van der Waals surface area contributed by atoms with Gasteiger partial charge in [-0.05, 0) is 73.4 Å². The number of amides is 2. The number of carbonyl (C=O) groups excluding carboxylic acids is 2. The number of nitrogens with zero attached hydrogens (tertiary/aromatic N) is 2. The summed E-state index contributed by atoms with van der Waals surface area (Å²) in [4.78, 5) is 37.5. The number of rotatable bonds is 8. The SMILES string of the molecule is O=C(CC1(c2ccc(Oc3ccc(Cl)cc3)cc2)CCN(C(=O)c2ccccn2)CCS1(=O)=O)NOC1CCCCO1. The molecule has 42 heavy (non-hydrogen) atoms. The molecule has 2 aliphatic rings. The highest BCUT2D eigenvalue weighted by molar-refractivity contribution is 7.92. The second-order valence-electron chi connectivity index (χ2n) is 10.3. The van der Waals surface area contributed by atoms with E-state index in [1.54, 1.807) is 66.7 Å². The maximum atomic E-state index is 14.0. The molecule has 1 aromatic heterocycles. The molecule has 3 heterocycles. The first-order valence-electron chi connectivity index (χ1n) is 13.8. The van der Waals surface area contributed by atoms with Crippen molar-refractivity contribution < 1.29 is 32.3 Å². The third-order valence-corrected chi connectivity index (χ3v) is 10.2. The first-order chi connectivity index (χ1) is 20.3. The van der Waals surface area contributed by atoms with E-state index in [1.165, 1.54) is 11.1 Å². The van der Waals surface area contributed by atoms with Gasteiger partial charge in [-0.1, -0.05) is 29.8 Å². The fourth-order valence-electron chi connectivity index (χ4n) is 5.18. The minimum atomic E-state index is -3.96. The molecule has 2 unspecified atom stereocenters. The molecular formula is C30H32ClN3O7S. The zero-order valence-electron chi connectivity index (χ0n) is 22.9. The number of sulfone groups is 1. The second-order valence-corrected chi connectivity index (χ2v) is 13.1. The summed E-state index contributed by atoms with van der Waals surface area (Å²) in [6, 6.07) is 18.5. The second kappa shape index (κ2) is 13.2. The van der Waals surface area contributed by atoms with Crippen LogP contribution in [-0.2, 0) is 29.0 Å². The van der Waals surface area contributed by atoms with Crippen LogP contribution in [0.4, 0.5) is 0 Å². The summed E-state index contributed by atoms with van der Waals surface area (Å²) in [6.45, 7) is 0.617. The van der Waals surface area contributed by atoms with Crippen molar-refractivity contribution in [1.82, 2.24) is 15.4 Å². The fourth-order valence-corrected chi connectivity index (χ4v) is 7.41. The summed E-state index contributed by atoms with van der Waals surface area (Å²) in [7, 11) is -3.96. The number of nitrogens with one attached hydrogen (secondary N) is 1. The number of halogens is 1. The van der Waals surface area contributed by atoms with Gasteiger partial charge in [0, 0.05) is 37.3 Å². The zero-order chi connectivity index (χ0) is 29.6. The lowest BCUT2D eigenvalue weighted by molar-refractivity contribution is -0.200. The molecule has 2 atom stereocenters. The Morgan fingerprint density at radius 3 is 2.43 bits per heavy atom. The first-order valence-corrected chi connectivity index (χ1v) is 15.8. The molecule has 0 aliphatic carbocycles. The Bertz CT molecular complexity index is 1480. The number of aromatic nitrogens is 1. The van der Waals surface area contributed by atoms with E-state index in [1.807, 2.05) is 0 Å². The van der Waals surface area contributed by atoms with E-state index in [4.69, 9.17) is 25.9 Å². The lowest BCUT2D eigenvalue weighted by atomic mass is 9.90. The molecule has 10 nitrogen and oxygen atoms in total. The van der Waals surface area contributed by atoms with Gasteiger partial charge in [0.15, 0.2) is 16.1 Å². The van der Waals surface area contributed by atoms with Gasteiger partial charge in [0.1, 0.15) is 21.9 Å². The monoisotopic (exact) mass is 613 g/mol. The molecule has 0 bridgehead atoms. The number of carbonyl (C=O) groups is 2. The Hall–Kier alpha value is -3.51. The lowest BCUT2D eigenvalue weighted by Crippen LogP contribution is -2.43. The Kier molecular flexibility index (Phi) is 9.42. The van der Waals surface area contributed by atoms with Crippen LogP contribution in [0.5, 0.6) is 11.5 Å². The summed E-state index contributed by atoms with van der Waals surface area (Å²) in [6.07, 6.45) is 2.98. The molecule has 0 spiro atoms. The molecule has 1 N–H and O–H groups in total. The minimum Gasteiger partial charge on any atom is -0.457 e. The summed E-state index contributed by atoms with van der Waals surface area (Å²) < 4.78 is 37.9. The molecular weight excluding hydrogens is 582 g/mol. The van der Waals surface area contributed by atoms with Crippen LogP contribution in [0.3, 0.4) is 0 Å². The molecule has 0 radical (unpaired) electrons. The summed E-state index contributed by atoms with van der Waals surface area (Å²) in [5.74, 6) is -0.242. The van der Waals surface area contributed by atoms with Gasteiger partial charge in [-0.2, -0.15) is 0 Å². The van der Waals surface area contributed by atoms with Crippen LogP contribution in [0.2, 0.25) is 5.02 Å². The molecule has 0 saturated carbocycles. The van der Waals surface area contributed by atoms with Crippen LogP contribution in [0, 0.1) is 0 Å². The van der Waals surface area contributed by atoms with Gasteiger partial charge in [-0.25, -0.2) is 18.7 Å². The average Bonchev–Trinajstić information content (AvgIpc) is 3.14. The normalized spacial score (nSPS) is 22.1. The molecule has 3 aromatic rings. The Morgan fingerprint density at radius 2 is 1.76 bits per heavy atom. The third kappa shape index (κ3) is 6.92. The molecule has 2 aliphatic heterocycles. The largest absolute Gasteiger partial charge is 0.457 e.